The number of hydrogen-bond donors (Lipinski definition) is 0. The minimum atomic E-state index is -0.660. The third kappa shape index (κ3) is 7.27. The molecular formula is C40H41BN2Si. The van der Waals surface area contributed by atoms with Gasteiger partial charge in [0.1, 0.15) is 0 Å². The molecule has 1 heterocycles. The largest absolute Gasteiger partial charge is 0.326 e. The standard InChI is InChI=1S/C22H26N2Si.C18H15B/c1-3-11-21(4-2)25-22(24-17-16-23-18-24,19-12-7-5-8-13-19)20-14-9-6-10-15-20;1-4-10-16(11-5-1)19(17-12-6-2-7-13-17)18-14-8-3-9-15-18/h5-18H,3-4,25H2,1-2H3;1-15H. The van der Waals surface area contributed by atoms with Gasteiger partial charge in [0.15, 0.2) is 0 Å². The van der Waals surface area contributed by atoms with E-state index in [0.717, 1.165) is 12.8 Å². The Morgan fingerprint density at radius 1 is 0.636 bits per heavy atom. The van der Waals surface area contributed by atoms with E-state index < -0.39 is 9.52 Å². The van der Waals surface area contributed by atoms with Gasteiger partial charge in [-0.15, -0.1) is 0 Å². The van der Waals surface area contributed by atoms with Crippen LogP contribution in [0.2, 0.25) is 0 Å². The summed E-state index contributed by atoms with van der Waals surface area (Å²) in [6.07, 6.45) is 10.6. The molecule has 6 rings (SSSR count). The minimum Gasteiger partial charge on any atom is -0.326 e. The molecule has 6 aromatic rings. The van der Waals surface area contributed by atoms with Crippen molar-refractivity contribution in [1.82, 2.24) is 9.55 Å². The second kappa shape index (κ2) is 15.7. The molecule has 0 aliphatic rings. The smallest absolute Gasteiger partial charge is 0.241 e. The number of allylic oxidation sites excluding steroid dienone is 2. The van der Waals surface area contributed by atoms with Gasteiger partial charge in [-0.3, -0.25) is 0 Å². The Morgan fingerprint density at radius 3 is 1.39 bits per heavy atom. The predicted octanol–water partition coefficient (Wildman–Crippen LogP) is 6.71. The summed E-state index contributed by atoms with van der Waals surface area (Å²) in [5.74, 6) is 0. The van der Waals surface area contributed by atoms with Crippen molar-refractivity contribution in [3.8, 4) is 0 Å². The van der Waals surface area contributed by atoms with E-state index in [9.17, 15) is 0 Å². The van der Waals surface area contributed by atoms with E-state index in [4.69, 9.17) is 0 Å². The zero-order chi connectivity index (χ0) is 30.5. The van der Waals surface area contributed by atoms with Gasteiger partial charge in [-0.2, -0.15) is 0 Å². The fraction of sp³-hybridized carbons (Fsp3) is 0.125. The summed E-state index contributed by atoms with van der Waals surface area (Å²) in [6, 6.07) is 53.9. The van der Waals surface area contributed by atoms with Crippen LogP contribution in [0.25, 0.3) is 0 Å². The van der Waals surface area contributed by atoms with Crippen LogP contribution in [0.3, 0.4) is 0 Å². The van der Waals surface area contributed by atoms with Crippen LogP contribution in [0.4, 0.5) is 0 Å². The van der Waals surface area contributed by atoms with Crippen LogP contribution < -0.4 is 16.4 Å². The SMILES string of the molecule is CCC=C(CC)[SiH2]C(c1ccccc1)(c1ccccc1)n1ccnc1.c1ccc(B(c2ccccc2)c2ccccc2)cc1. The molecule has 0 fully saturated rings. The quantitative estimate of drug-likeness (QED) is 0.163. The topological polar surface area (TPSA) is 17.8 Å². The van der Waals surface area contributed by atoms with E-state index in [1.165, 1.54) is 27.5 Å². The van der Waals surface area contributed by atoms with E-state index in [1.807, 2.05) is 12.5 Å². The lowest BCUT2D eigenvalue weighted by Crippen LogP contribution is -2.51. The van der Waals surface area contributed by atoms with Crippen molar-refractivity contribution in [2.45, 2.75) is 31.9 Å². The highest BCUT2D eigenvalue weighted by Gasteiger charge is 2.36. The number of imidazole rings is 1. The first kappa shape index (κ1) is 30.8. The van der Waals surface area contributed by atoms with Crippen LogP contribution in [0.15, 0.2) is 182 Å². The summed E-state index contributed by atoms with van der Waals surface area (Å²) in [5, 5.41) is 1.47. The van der Waals surface area contributed by atoms with Crippen molar-refractivity contribution in [2.24, 2.45) is 0 Å². The highest BCUT2D eigenvalue weighted by Crippen LogP contribution is 2.35. The molecule has 0 saturated carbocycles. The van der Waals surface area contributed by atoms with Crippen LogP contribution in [0.5, 0.6) is 0 Å². The van der Waals surface area contributed by atoms with Crippen LogP contribution in [-0.2, 0) is 5.16 Å². The fourth-order valence-corrected chi connectivity index (χ4v) is 8.74. The third-order valence-electron chi connectivity index (χ3n) is 8.28. The summed E-state index contributed by atoms with van der Waals surface area (Å²) in [4.78, 5) is 4.38. The van der Waals surface area contributed by atoms with E-state index in [1.54, 1.807) is 5.20 Å². The molecule has 4 heteroatoms. The summed E-state index contributed by atoms with van der Waals surface area (Å²) in [6.45, 7) is 4.82. The molecular weight excluding hydrogens is 547 g/mol. The van der Waals surface area contributed by atoms with Gasteiger partial charge in [0.05, 0.1) is 21.0 Å². The van der Waals surface area contributed by atoms with Gasteiger partial charge in [-0.25, -0.2) is 4.98 Å². The predicted molar refractivity (Wildman–Crippen MR) is 192 cm³/mol. The van der Waals surface area contributed by atoms with Gasteiger partial charge < -0.3 is 4.57 Å². The molecule has 44 heavy (non-hydrogen) atoms. The lowest BCUT2D eigenvalue weighted by atomic mass is 9.37. The average Bonchev–Trinajstić information content (AvgIpc) is 3.65. The molecule has 218 valence electrons. The first-order valence-corrected chi connectivity index (χ1v) is 17.1. The van der Waals surface area contributed by atoms with Crippen molar-refractivity contribution >= 4 is 32.6 Å². The monoisotopic (exact) mass is 588 g/mol. The number of rotatable bonds is 10. The van der Waals surface area contributed by atoms with E-state index in [0.29, 0.717) is 6.71 Å². The van der Waals surface area contributed by atoms with Gasteiger partial charge in [0, 0.05) is 12.4 Å². The molecule has 0 bridgehead atoms. The molecule has 0 amide bonds. The lowest BCUT2D eigenvalue weighted by Gasteiger charge is -2.37. The van der Waals surface area contributed by atoms with E-state index in [-0.39, 0.29) is 5.16 Å². The molecule has 0 aliphatic carbocycles. The van der Waals surface area contributed by atoms with Crippen molar-refractivity contribution in [1.29, 1.82) is 0 Å². The van der Waals surface area contributed by atoms with Gasteiger partial charge in [0.25, 0.3) is 0 Å². The Balaban J connectivity index is 0.000000181. The maximum atomic E-state index is 4.38. The molecule has 0 radical (unpaired) electrons. The van der Waals surface area contributed by atoms with Crippen molar-refractivity contribution < 1.29 is 0 Å². The Kier molecular flexibility index (Phi) is 11.0. The highest BCUT2D eigenvalue weighted by molar-refractivity contribution is 6.95. The summed E-state index contributed by atoms with van der Waals surface area (Å²) in [5.41, 5.74) is 6.70. The summed E-state index contributed by atoms with van der Waals surface area (Å²) in [7, 11) is -0.660. The van der Waals surface area contributed by atoms with Crippen molar-refractivity contribution in [3.05, 3.63) is 193 Å². The maximum Gasteiger partial charge on any atom is 0.241 e. The van der Waals surface area contributed by atoms with Crippen molar-refractivity contribution in [3.63, 3.8) is 0 Å². The van der Waals surface area contributed by atoms with E-state index in [2.05, 4.69) is 187 Å². The molecule has 0 aliphatic heterocycles. The second-order valence-electron chi connectivity index (χ2n) is 11.0. The highest BCUT2D eigenvalue weighted by atomic mass is 28.2. The minimum absolute atomic E-state index is 0.143. The molecule has 0 unspecified atom stereocenters. The Bertz CT molecular complexity index is 1540. The molecule has 0 N–H and O–H groups in total. The molecule has 0 spiro atoms. The Morgan fingerprint density at radius 2 is 1.05 bits per heavy atom. The number of hydrogen-bond acceptors (Lipinski definition) is 1. The van der Waals surface area contributed by atoms with Gasteiger partial charge in [0.2, 0.25) is 6.71 Å². The molecule has 5 aromatic carbocycles. The molecule has 1 aromatic heterocycles. The first-order chi connectivity index (χ1) is 21.8. The number of nitrogens with zero attached hydrogens (tertiary/aromatic N) is 2. The zero-order valence-electron chi connectivity index (χ0n) is 25.8. The normalized spacial score (nSPS) is 11.6. The van der Waals surface area contributed by atoms with Gasteiger partial charge in [-0.1, -0.05) is 193 Å². The van der Waals surface area contributed by atoms with Crippen LogP contribution in [0, 0.1) is 0 Å². The Hall–Kier alpha value is -4.67. The molecule has 0 saturated heterocycles. The van der Waals surface area contributed by atoms with Gasteiger partial charge >= 0.3 is 0 Å². The van der Waals surface area contributed by atoms with E-state index >= 15 is 0 Å². The molecule has 2 nitrogen and oxygen atoms in total. The van der Waals surface area contributed by atoms with Crippen molar-refractivity contribution in [2.75, 3.05) is 0 Å². The number of aromatic nitrogens is 2. The lowest BCUT2D eigenvalue weighted by molar-refractivity contribution is 0.594. The summed E-state index contributed by atoms with van der Waals surface area (Å²) < 4.78 is 2.32. The Labute approximate surface area is 266 Å². The van der Waals surface area contributed by atoms with Crippen LogP contribution >= 0.6 is 0 Å². The number of benzene rings is 5. The first-order valence-electron chi connectivity index (χ1n) is 15.7. The molecule has 0 atom stereocenters. The maximum absolute atomic E-state index is 4.38. The van der Waals surface area contributed by atoms with Gasteiger partial charge in [-0.05, 0) is 24.0 Å². The fourth-order valence-electron chi connectivity index (χ4n) is 6.15. The zero-order valence-corrected chi connectivity index (χ0v) is 27.3. The second-order valence-corrected chi connectivity index (χ2v) is 13.3. The summed E-state index contributed by atoms with van der Waals surface area (Å²) >= 11 is 0. The average molecular weight is 589 g/mol. The van der Waals surface area contributed by atoms with Crippen LogP contribution in [-0.4, -0.2) is 25.8 Å². The van der Waals surface area contributed by atoms with Crippen LogP contribution in [0.1, 0.15) is 37.8 Å². The third-order valence-corrected chi connectivity index (χ3v) is 11.2.